The predicted octanol–water partition coefficient (Wildman–Crippen LogP) is 3.40. The summed E-state index contributed by atoms with van der Waals surface area (Å²) in [5, 5.41) is 2.83. The zero-order chi connectivity index (χ0) is 22.6. The third-order valence-corrected chi connectivity index (χ3v) is 5.44. The van der Waals surface area contributed by atoms with E-state index in [-0.39, 0.29) is 6.61 Å². The van der Waals surface area contributed by atoms with E-state index in [4.69, 9.17) is 23.7 Å². The molecule has 2 aromatic carbocycles. The average molecular weight is 429 g/mol. The second-order valence-electron chi connectivity index (χ2n) is 7.09. The second-order valence-corrected chi connectivity index (χ2v) is 7.09. The van der Waals surface area contributed by atoms with E-state index in [0.717, 1.165) is 5.56 Å². The van der Waals surface area contributed by atoms with Gasteiger partial charge in [-0.15, -0.1) is 0 Å². The lowest BCUT2D eigenvalue weighted by Crippen LogP contribution is -2.34. The summed E-state index contributed by atoms with van der Waals surface area (Å²) in [6, 6.07) is 10.4. The van der Waals surface area contributed by atoms with E-state index in [1.54, 1.807) is 50.4 Å². The van der Waals surface area contributed by atoms with Gasteiger partial charge in [0.25, 0.3) is 0 Å². The number of hydrogen-bond acceptors (Lipinski definition) is 7. The summed E-state index contributed by atoms with van der Waals surface area (Å²) in [6.45, 7) is 1.89. The first-order valence-corrected chi connectivity index (χ1v) is 9.87. The molecule has 1 N–H and O–H groups in total. The number of methoxy groups -OCH3 is 4. The molecule has 8 heteroatoms. The van der Waals surface area contributed by atoms with Gasteiger partial charge in [0.1, 0.15) is 5.75 Å². The van der Waals surface area contributed by atoms with Gasteiger partial charge in [-0.05, 0) is 55.3 Å². The summed E-state index contributed by atoms with van der Waals surface area (Å²) >= 11 is 0. The minimum Gasteiger partial charge on any atom is -0.497 e. The molecule has 1 aliphatic carbocycles. The largest absolute Gasteiger partial charge is 0.497 e. The van der Waals surface area contributed by atoms with Gasteiger partial charge in [-0.3, -0.25) is 9.59 Å². The number of hydrogen-bond donors (Lipinski definition) is 1. The topological polar surface area (TPSA) is 92.3 Å². The van der Waals surface area contributed by atoms with Crippen molar-refractivity contribution in [3.8, 4) is 23.0 Å². The summed E-state index contributed by atoms with van der Waals surface area (Å²) in [5.41, 5.74) is -0.0435. The maximum absolute atomic E-state index is 13.3. The lowest BCUT2D eigenvalue weighted by atomic mass is 9.97. The molecule has 1 fully saturated rings. The van der Waals surface area contributed by atoms with E-state index in [1.165, 1.54) is 21.3 Å². The van der Waals surface area contributed by atoms with Gasteiger partial charge in [-0.25, -0.2) is 0 Å². The van der Waals surface area contributed by atoms with Crippen LogP contribution >= 0.6 is 0 Å². The van der Waals surface area contributed by atoms with Gasteiger partial charge in [-0.1, -0.05) is 0 Å². The molecule has 8 nitrogen and oxygen atoms in total. The molecular formula is C23H27NO7. The summed E-state index contributed by atoms with van der Waals surface area (Å²) in [6.07, 6.45) is 0.312. The molecule has 0 spiro atoms. The Labute approximate surface area is 181 Å². The van der Waals surface area contributed by atoms with Gasteiger partial charge in [0.15, 0.2) is 16.9 Å². The fourth-order valence-corrected chi connectivity index (χ4v) is 3.71. The van der Waals surface area contributed by atoms with Crippen LogP contribution < -0.4 is 24.3 Å². The van der Waals surface area contributed by atoms with E-state index >= 15 is 0 Å². The lowest BCUT2D eigenvalue weighted by molar-refractivity contribution is -0.153. The highest BCUT2D eigenvalue weighted by Crippen LogP contribution is 2.62. The predicted molar refractivity (Wildman–Crippen MR) is 114 cm³/mol. The molecule has 2 atom stereocenters. The third-order valence-electron chi connectivity index (χ3n) is 5.44. The standard InChI is InChI=1S/C23H27NO7/c1-6-31-22(26)23(21(25)24-15-7-9-16(27-2)10-8-15)13-17(23)14-11-18(28-3)20(30-5)19(12-14)29-4/h7-12,17H,6,13H2,1-5H3,(H,24,25)/t17-,23-/m0/s1. The summed E-state index contributed by atoms with van der Waals surface area (Å²) in [7, 11) is 6.11. The van der Waals surface area contributed by atoms with Crippen molar-refractivity contribution >= 4 is 17.6 Å². The Morgan fingerprint density at radius 3 is 2.06 bits per heavy atom. The van der Waals surface area contributed by atoms with E-state index in [9.17, 15) is 9.59 Å². The molecule has 0 radical (unpaired) electrons. The van der Waals surface area contributed by atoms with Crippen LogP contribution in [-0.4, -0.2) is 46.9 Å². The lowest BCUT2D eigenvalue weighted by Gasteiger charge is -2.18. The smallest absolute Gasteiger partial charge is 0.322 e. The molecule has 2 aromatic rings. The number of carbonyl (C=O) groups excluding carboxylic acids is 2. The van der Waals surface area contributed by atoms with E-state index in [2.05, 4.69) is 5.32 Å². The van der Waals surface area contributed by atoms with Crippen molar-refractivity contribution in [2.75, 3.05) is 40.4 Å². The zero-order valence-corrected chi connectivity index (χ0v) is 18.3. The number of nitrogens with one attached hydrogen (secondary N) is 1. The first kappa shape index (κ1) is 22.3. The van der Waals surface area contributed by atoms with Crippen LogP contribution in [0.25, 0.3) is 0 Å². The van der Waals surface area contributed by atoms with Crippen LogP contribution in [0.3, 0.4) is 0 Å². The number of ether oxygens (including phenoxy) is 5. The average Bonchev–Trinajstić information content (AvgIpc) is 3.56. The number of carbonyl (C=O) groups is 2. The number of benzene rings is 2. The van der Waals surface area contributed by atoms with Crippen LogP contribution in [0.1, 0.15) is 24.8 Å². The highest BCUT2D eigenvalue weighted by atomic mass is 16.5. The molecular weight excluding hydrogens is 402 g/mol. The highest BCUT2D eigenvalue weighted by Gasteiger charge is 2.67. The Hall–Kier alpha value is -3.42. The highest BCUT2D eigenvalue weighted by molar-refractivity contribution is 6.13. The van der Waals surface area contributed by atoms with E-state index in [0.29, 0.717) is 35.1 Å². The summed E-state index contributed by atoms with van der Waals surface area (Å²) < 4.78 is 26.6. The molecule has 1 aliphatic rings. The van der Waals surface area contributed by atoms with Crippen LogP contribution in [0, 0.1) is 5.41 Å². The van der Waals surface area contributed by atoms with Crippen molar-refractivity contribution in [1.82, 2.24) is 0 Å². The molecule has 166 valence electrons. The Kier molecular flexibility index (Phi) is 6.58. The molecule has 0 aliphatic heterocycles. The molecule has 0 bridgehead atoms. The number of rotatable bonds is 9. The fourth-order valence-electron chi connectivity index (χ4n) is 3.71. The first-order chi connectivity index (χ1) is 14.9. The van der Waals surface area contributed by atoms with Gasteiger partial charge in [0, 0.05) is 11.6 Å². The molecule has 0 saturated heterocycles. The molecule has 0 heterocycles. The van der Waals surface area contributed by atoms with E-state index < -0.39 is 23.2 Å². The maximum Gasteiger partial charge on any atom is 0.322 e. The SMILES string of the molecule is CCOC(=O)[C@@]1(C(=O)Nc2ccc(OC)cc2)C[C@H]1c1cc(OC)c(OC)c(OC)c1. The number of esters is 1. The van der Waals surface area contributed by atoms with Gasteiger partial charge >= 0.3 is 5.97 Å². The van der Waals surface area contributed by atoms with Crippen molar-refractivity contribution in [3.05, 3.63) is 42.0 Å². The molecule has 3 rings (SSSR count). The summed E-state index contributed by atoms with van der Waals surface area (Å²) in [4.78, 5) is 26.1. The fraction of sp³-hybridized carbons (Fsp3) is 0.391. The maximum atomic E-state index is 13.3. The first-order valence-electron chi connectivity index (χ1n) is 9.87. The third kappa shape index (κ3) is 4.10. The van der Waals surface area contributed by atoms with Gasteiger partial charge < -0.3 is 29.0 Å². The molecule has 1 saturated carbocycles. The van der Waals surface area contributed by atoms with Crippen molar-refractivity contribution < 1.29 is 33.3 Å². The molecule has 1 amide bonds. The molecule has 0 unspecified atom stereocenters. The van der Waals surface area contributed by atoms with Crippen LogP contribution in [0.15, 0.2) is 36.4 Å². The number of amides is 1. The van der Waals surface area contributed by atoms with Gasteiger partial charge in [-0.2, -0.15) is 0 Å². The minimum atomic E-state index is -1.33. The Bertz CT molecular complexity index is 932. The Balaban J connectivity index is 1.94. The van der Waals surface area contributed by atoms with Crippen molar-refractivity contribution in [1.29, 1.82) is 0 Å². The molecule has 31 heavy (non-hydrogen) atoms. The van der Waals surface area contributed by atoms with Crippen LogP contribution in [-0.2, 0) is 14.3 Å². The Morgan fingerprint density at radius 2 is 1.58 bits per heavy atom. The van der Waals surface area contributed by atoms with Crippen molar-refractivity contribution in [2.24, 2.45) is 5.41 Å². The second kappa shape index (κ2) is 9.16. The van der Waals surface area contributed by atoms with Crippen LogP contribution in [0.5, 0.6) is 23.0 Å². The van der Waals surface area contributed by atoms with Crippen molar-refractivity contribution in [2.45, 2.75) is 19.3 Å². The van der Waals surface area contributed by atoms with Crippen molar-refractivity contribution in [3.63, 3.8) is 0 Å². The Morgan fingerprint density at radius 1 is 0.968 bits per heavy atom. The monoisotopic (exact) mass is 429 g/mol. The number of anilines is 1. The van der Waals surface area contributed by atoms with Gasteiger partial charge in [0.2, 0.25) is 11.7 Å². The van der Waals surface area contributed by atoms with Crippen LogP contribution in [0.4, 0.5) is 5.69 Å². The summed E-state index contributed by atoms with van der Waals surface area (Å²) in [5.74, 6) is 0.654. The minimum absolute atomic E-state index is 0.179. The quantitative estimate of drug-likeness (QED) is 0.482. The zero-order valence-electron chi connectivity index (χ0n) is 18.3. The normalized spacial score (nSPS) is 19.2. The van der Waals surface area contributed by atoms with Gasteiger partial charge in [0.05, 0.1) is 35.0 Å². The van der Waals surface area contributed by atoms with E-state index in [1.807, 2.05) is 0 Å². The van der Waals surface area contributed by atoms with Crippen LogP contribution in [0.2, 0.25) is 0 Å². The molecule has 0 aromatic heterocycles.